The second kappa shape index (κ2) is 15.9. The zero-order valence-electron chi connectivity index (χ0n) is 34.4. The third-order valence-electron chi connectivity index (χ3n) is 12.4. The Morgan fingerprint density at radius 1 is 0.333 bits per heavy atom. The lowest BCUT2D eigenvalue weighted by Crippen LogP contribution is -2.28. The summed E-state index contributed by atoms with van der Waals surface area (Å²) in [7, 11) is 0. The number of nitrogens with zero attached hydrogens (tertiary/aromatic N) is 3. The molecule has 2 aromatic heterocycles. The van der Waals surface area contributed by atoms with E-state index in [4.69, 9.17) is 9.97 Å². The molecule has 0 saturated heterocycles. The highest BCUT2D eigenvalue weighted by molar-refractivity contribution is 5.90. The zero-order valence-corrected chi connectivity index (χ0v) is 34.4. The molecular weight excluding hydrogens is 763 g/mol. The van der Waals surface area contributed by atoms with Gasteiger partial charge < -0.3 is 0 Å². The fourth-order valence-corrected chi connectivity index (χ4v) is 9.45. The van der Waals surface area contributed by atoms with Crippen molar-refractivity contribution in [1.29, 1.82) is 5.26 Å². The smallest absolute Gasteiger partial charge is 0.0991 e. The van der Waals surface area contributed by atoms with Gasteiger partial charge in [0.25, 0.3) is 0 Å². The Kier molecular flexibility index (Phi) is 9.45. The van der Waals surface area contributed by atoms with Crippen LogP contribution in [0.1, 0.15) is 27.8 Å². The molecule has 0 N–H and O–H groups in total. The van der Waals surface area contributed by atoms with Gasteiger partial charge in [-0.15, -0.1) is 0 Å². The van der Waals surface area contributed by atoms with Crippen molar-refractivity contribution in [2.75, 3.05) is 0 Å². The first-order valence-electron chi connectivity index (χ1n) is 21.3. The van der Waals surface area contributed by atoms with Gasteiger partial charge in [0.1, 0.15) is 0 Å². The third kappa shape index (κ3) is 6.72. The number of hydrogen-bond acceptors (Lipinski definition) is 3. The Morgan fingerprint density at radius 3 is 1.40 bits per heavy atom. The molecule has 0 spiro atoms. The van der Waals surface area contributed by atoms with E-state index in [1.54, 1.807) is 0 Å². The van der Waals surface area contributed by atoms with E-state index in [2.05, 4.69) is 206 Å². The minimum Gasteiger partial charge on any atom is -0.256 e. The molecular formula is C60H39N3. The van der Waals surface area contributed by atoms with Crippen LogP contribution in [0.25, 0.3) is 78.3 Å². The van der Waals surface area contributed by atoms with Gasteiger partial charge in [-0.3, -0.25) is 4.98 Å². The van der Waals surface area contributed by atoms with Crippen LogP contribution in [0.5, 0.6) is 0 Å². The molecule has 11 rings (SSSR count). The maximum absolute atomic E-state index is 10.2. The summed E-state index contributed by atoms with van der Waals surface area (Å²) >= 11 is 0. The number of hydrogen-bond donors (Lipinski definition) is 0. The van der Waals surface area contributed by atoms with Crippen LogP contribution in [0.15, 0.2) is 237 Å². The van der Waals surface area contributed by atoms with Crippen molar-refractivity contribution in [3.63, 3.8) is 0 Å². The molecule has 63 heavy (non-hydrogen) atoms. The highest BCUT2D eigenvalue weighted by atomic mass is 14.7. The van der Waals surface area contributed by atoms with Crippen LogP contribution in [0.2, 0.25) is 0 Å². The van der Waals surface area contributed by atoms with Crippen LogP contribution in [-0.4, -0.2) is 9.97 Å². The Morgan fingerprint density at radius 2 is 0.794 bits per heavy atom. The van der Waals surface area contributed by atoms with Crippen LogP contribution >= 0.6 is 0 Å². The summed E-state index contributed by atoms with van der Waals surface area (Å²) in [4.78, 5) is 10.1. The average molecular weight is 802 g/mol. The molecule has 3 heteroatoms. The lowest BCUT2D eigenvalue weighted by atomic mass is 9.67. The molecule has 0 amide bonds. The van der Waals surface area contributed by atoms with Crippen LogP contribution in [0, 0.1) is 11.3 Å². The minimum absolute atomic E-state index is 0.643. The van der Waals surface area contributed by atoms with Crippen molar-refractivity contribution in [2.24, 2.45) is 0 Å². The van der Waals surface area contributed by atoms with Gasteiger partial charge in [0.2, 0.25) is 0 Å². The maximum atomic E-state index is 10.2. The van der Waals surface area contributed by atoms with E-state index >= 15 is 0 Å². The summed E-state index contributed by atoms with van der Waals surface area (Å²) in [6.45, 7) is 0. The first-order chi connectivity index (χ1) is 31.2. The Hall–Kier alpha value is -8.45. The fourth-order valence-electron chi connectivity index (χ4n) is 9.45. The molecule has 0 bridgehead atoms. The lowest BCUT2D eigenvalue weighted by Gasteiger charge is -2.34. The number of fused-ring (bicyclic) bond motifs is 3. The Labute approximate surface area is 368 Å². The van der Waals surface area contributed by atoms with Crippen LogP contribution in [0.3, 0.4) is 0 Å². The van der Waals surface area contributed by atoms with E-state index in [0.29, 0.717) is 5.56 Å². The van der Waals surface area contributed by atoms with Gasteiger partial charge in [0.05, 0.1) is 34.1 Å². The number of pyridine rings is 2. The zero-order chi connectivity index (χ0) is 42.2. The maximum Gasteiger partial charge on any atom is 0.0991 e. The predicted molar refractivity (Wildman–Crippen MR) is 257 cm³/mol. The number of nitriles is 1. The Balaban J connectivity index is 1.12. The molecule has 2 heterocycles. The van der Waals surface area contributed by atoms with E-state index in [1.165, 1.54) is 11.1 Å². The molecule has 0 saturated carbocycles. The minimum atomic E-state index is -0.655. The van der Waals surface area contributed by atoms with Gasteiger partial charge in [-0.25, -0.2) is 4.98 Å². The monoisotopic (exact) mass is 801 g/mol. The van der Waals surface area contributed by atoms with Crippen molar-refractivity contribution < 1.29 is 0 Å². The molecule has 3 nitrogen and oxygen atoms in total. The second-order valence-electron chi connectivity index (χ2n) is 16.1. The molecule has 1 aliphatic carbocycles. The van der Waals surface area contributed by atoms with E-state index in [9.17, 15) is 5.26 Å². The topological polar surface area (TPSA) is 49.6 Å². The van der Waals surface area contributed by atoms with E-state index in [1.807, 2.05) is 36.5 Å². The summed E-state index contributed by atoms with van der Waals surface area (Å²) in [6, 6.07) is 83.9. The van der Waals surface area contributed by atoms with Gasteiger partial charge >= 0.3 is 0 Å². The SMILES string of the molecule is N#Cc1ccc2c(c1)C(c1ccccc1)(c1ccccc1)c1cc(-c3cc(-c4cc(-c5ccccc5)nc(-c5ccc(-c6ccccc6)cc5)c4)cc(-c4ccccn4)c3)ccc1-2. The molecule has 10 aromatic rings. The van der Waals surface area contributed by atoms with Gasteiger partial charge in [0, 0.05) is 22.9 Å². The number of rotatable bonds is 8. The van der Waals surface area contributed by atoms with Crippen molar-refractivity contribution in [2.45, 2.75) is 5.41 Å². The van der Waals surface area contributed by atoms with Gasteiger partial charge in [-0.2, -0.15) is 5.26 Å². The highest BCUT2D eigenvalue weighted by Gasteiger charge is 2.46. The summed E-state index contributed by atoms with van der Waals surface area (Å²) in [5.41, 5.74) is 19.4. The molecule has 0 unspecified atom stereocenters. The molecule has 0 fully saturated rings. The largest absolute Gasteiger partial charge is 0.256 e. The third-order valence-corrected chi connectivity index (χ3v) is 12.4. The standard InChI is InChI=1S/C60H39N3/c61-40-41-24-30-53-54-31-29-46(37-56(54)60(55(53)33-41,51-19-9-3-10-20-51)52-21-11-4-12-22-52)47-34-48(36-50(35-47)57-23-13-14-32-62-57)49-38-58(44-17-7-2-8-18-44)63-59(39-49)45-27-25-43(26-28-45)42-15-5-1-6-16-42/h1-39H. The molecule has 0 atom stereocenters. The summed E-state index contributed by atoms with van der Waals surface area (Å²) in [5, 5.41) is 10.2. The van der Waals surface area contributed by atoms with Crippen LogP contribution < -0.4 is 0 Å². The van der Waals surface area contributed by atoms with Gasteiger partial charge in [-0.1, -0.05) is 170 Å². The van der Waals surface area contributed by atoms with E-state index in [0.717, 1.165) is 89.4 Å². The predicted octanol–water partition coefficient (Wildman–Crippen LogP) is 14.7. The second-order valence-corrected chi connectivity index (χ2v) is 16.1. The summed E-state index contributed by atoms with van der Waals surface area (Å²) < 4.78 is 0. The molecule has 294 valence electrons. The average Bonchev–Trinajstić information content (AvgIpc) is 3.67. The van der Waals surface area contributed by atoms with Crippen LogP contribution in [0.4, 0.5) is 0 Å². The Bertz CT molecular complexity index is 3260. The van der Waals surface area contributed by atoms with Crippen molar-refractivity contribution in [1.82, 2.24) is 9.97 Å². The quantitative estimate of drug-likeness (QED) is 0.154. The van der Waals surface area contributed by atoms with Crippen molar-refractivity contribution in [3.05, 3.63) is 265 Å². The number of benzene rings is 8. The van der Waals surface area contributed by atoms with E-state index in [-0.39, 0.29) is 0 Å². The summed E-state index contributed by atoms with van der Waals surface area (Å²) in [5.74, 6) is 0. The van der Waals surface area contributed by atoms with E-state index < -0.39 is 5.41 Å². The number of aromatic nitrogens is 2. The molecule has 1 aliphatic rings. The van der Waals surface area contributed by atoms with Gasteiger partial charge in [0.15, 0.2) is 0 Å². The first kappa shape index (κ1) is 37.5. The van der Waals surface area contributed by atoms with Crippen LogP contribution in [-0.2, 0) is 5.41 Å². The van der Waals surface area contributed by atoms with Crippen molar-refractivity contribution >= 4 is 0 Å². The summed E-state index contributed by atoms with van der Waals surface area (Å²) in [6.07, 6.45) is 1.86. The first-order valence-corrected chi connectivity index (χ1v) is 21.3. The molecule has 0 radical (unpaired) electrons. The normalized spacial score (nSPS) is 12.2. The molecule has 8 aromatic carbocycles. The molecule has 0 aliphatic heterocycles. The lowest BCUT2D eigenvalue weighted by molar-refractivity contribution is 0.768. The van der Waals surface area contributed by atoms with Gasteiger partial charge in [-0.05, 0) is 127 Å². The van der Waals surface area contributed by atoms with Crippen molar-refractivity contribution in [3.8, 4) is 84.3 Å². The highest BCUT2D eigenvalue weighted by Crippen LogP contribution is 2.57. The fraction of sp³-hybridized carbons (Fsp3) is 0.0167.